The molecule has 0 bridgehead atoms. The molecule has 18 heavy (non-hydrogen) atoms. The van der Waals surface area contributed by atoms with Crippen LogP contribution in [0.2, 0.25) is 0 Å². The first kappa shape index (κ1) is 13.6. The fourth-order valence-electron chi connectivity index (χ4n) is 2.49. The molecule has 0 aliphatic carbocycles. The van der Waals surface area contributed by atoms with Crippen molar-refractivity contribution in [1.29, 1.82) is 0 Å². The molecular weight excluding hydrogens is 226 g/mol. The molecule has 4 heteroatoms. The van der Waals surface area contributed by atoms with Crippen LogP contribution in [0.5, 0.6) is 0 Å². The smallest absolute Gasteiger partial charge is 0.0537 e. The van der Waals surface area contributed by atoms with E-state index >= 15 is 0 Å². The van der Waals surface area contributed by atoms with Crippen LogP contribution in [-0.2, 0) is 11.3 Å². The van der Waals surface area contributed by atoms with Crippen molar-refractivity contribution < 1.29 is 4.74 Å². The number of ether oxygens (including phenoxy) is 1. The van der Waals surface area contributed by atoms with Gasteiger partial charge in [-0.2, -0.15) is 5.10 Å². The van der Waals surface area contributed by atoms with E-state index in [1.54, 1.807) is 0 Å². The lowest BCUT2D eigenvalue weighted by molar-refractivity contribution is 0.181. The first-order valence-corrected chi connectivity index (χ1v) is 7.17. The van der Waals surface area contributed by atoms with Crippen LogP contribution in [0.3, 0.4) is 0 Å². The zero-order chi connectivity index (χ0) is 12.8. The van der Waals surface area contributed by atoms with Crippen LogP contribution in [0.15, 0.2) is 12.4 Å². The molecular formula is C14H25N3O. The Morgan fingerprint density at radius 1 is 1.56 bits per heavy atom. The SMILES string of the molecule is CCCNC(CC1CCOC1)c1cnn(CC)c1. The second-order valence-electron chi connectivity index (χ2n) is 5.10. The summed E-state index contributed by atoms with van der Waals surface area (Å²) in [4.78, 5) is 0. The van der Waals surface area contributed by atoms with E-state index in [1.165, 1.54) is 18.4 Å². The summed E-state index contributed by atoms with van der Waals surface area (Å²) in [5.41, 5.74) is 1.32. The van der Waals surface area contributed by atoms with E-state index < -0.39 is 0 Å². The number of aryl methyl sites for hydroxylation is 1. The molecule has 2 unspecified atom stereocenters. The van der Waals surface area contributed by atoms with Crippen molar-refractivity contribution in [2.75, 3.05) is 19.8 Å². The van der Waals surface area contributed by atoms with E-state index in [0.717, 1.165) is 32.7 Å². The van der Waals surface area contributed by atoms with Gasteiger partial charge < -0.3 is 10.1 Å². The Morgan fingerprint density at radius 3 is 3.06 bits per heavy atom. The predicted octanol–water partition coefficient (Wildman–Crippen LogP) is 2.37. The molecule has 1 saturated heterocycles. The molecule has 0 saturated carbocycles. The molecule has 0 aromatic carbocycles. The van der Waals surface area contributed by atoms with Crippen LogP contribution in [0.25, 0.3) is 0 Å². The molecule has 0 radical (unpaired) electrons. The van der Waals surface area contributed by atoms with Gasteiger partial charge in [0.25, 0.3) is 0 Å². The minimum Gasteiger partial charge on any atom is -0.381 e. The number of nitrogens with zero attached hydrogens (tertiary/aromatic N) is 2. The van der Waals surface area contributed by atoms with Gasteiger partial charge >= 0.3 is 0 Å². The lowest BCUT2D eigenvalue weighted by atomic mass is 9.96. The summed E-state index contributed by atoms with van der Waals surface area (Å²) < 4.78 is 7.48. The van der Waals surface area contributed by atoms with Gasteiger partial charge in [-0.15, -0.1) is 0 Å². The van der Waals surface area contributed by atoms with Crippen LogP contribution >= 0.6 is 0 Å². The van der Waals surface area contributed by atoms with Gasteiger partial charge in [0.1, 0.15) is 0 Å². The monoisotopic (exact) mass is 251 g/mol. The van der Waals surface area contributed by atoms with E-state index in [2.05, 4.69) is 30.5 Å². The van der Waals surface area contributed by atoms with Crippen molar-refractivity contribution >= 4 is 0 Å². The molecule has 2 atom stereocenters. The van der Waals surface area contributed by atoms with Gasteiger partial charge in [-0.25, -0.2) is 0 Å². The summed E-state index contributed by atoms with van der Waals surface area (Å²) >= 11 is 0. The molecule has 1 aliphatic heterocycles. The van der Waals surface area contributed by atoms with E-state index in [1.807, 2.05) is 10.9 Å². The zero-order valence-electron chi connectivity index (χ0n) is 11.6. The summed E-state index contributed by atoms with van der Waals surface area (Å²) in [5.74, 6) is 0.698. The first-order valence-electron chi connectivity index (χ1n) is 7.17. The van der Waals surface area contributed by atoms with Gasteiger partial charge in [0.15, 0.2) is 0 Å². The Kier molecular flexibility index (Phi) is 5.20. The highest BCUT2D eigenvalue weighted by molar-refractivity contribution is 5.10. The average Bonchev–Trinajstić information content (AvgIpc) is 3.05. The number of aromatic nitrogens is 2. The molecule has 0 amide bonds. The maximum atomic E-state index is 5.48. The van der Waals surface area contributed by atoms with Crippen molar-refractivity contribution in [2.45, 2.75) is 45.7 Å². The number of rotatable bonds is 7. The van der Waals surface area contributed by atoms with Gasteiger partial charge in [0, 0.05) is 37.6 Å². The number of hydrogen-bond donors (Lipinski definition) is 1. The minimum atomic E-state index is 0.428. The second kappa shape index (κ2) is 6.90. The number of nitrogens with one attached hydrogen (secondary N) is 1. The Hall–Kier alpha value is -0.870. The van der Waals surface area contributed by atoms with Crippen LogP contribution < -0.4 is 5.32 Å². The van der Waals surface area contributed by atoms with Crippen LogP contribution in [0.4, 0.5) is 0 Å². The third-order valence-corrected chi connectivity index (χ3v) is 3.61. The molecule has 1 aromatic heterocycles. The highest BCUT2D eigenvalue weighted by Gasteiger charge is 2.22. The Bertz CT molecular complexity index is 345. The van der Waals surface area contributed by atoms with Gasteiger partial charge in [-0.05, 0) is 38.6 Å². The summed E-state index contributed by atoms with van der Waals surface area (Å²) in [6, 6.07) is 0.428. The minimum absolute atomic E-state index is 0.428. The average molecular weight is 251 g/mol. The topological polar surface area (TPSA) is 39.1 Å². The molecule has 0 spiro atoms. The maximum Gasteiger partial charge on any atom is 0.0537 e. The largest absolute Gasteiger partial charge is 0.381 e. The highest BCUT2D eigenvalue weighted by Crippen LogP contribution is 2.26. The Labute approximate surface area is 110 Å². The van der Waals surface area contributed by atoms with Crippen molar-refractivity contribution in [1.82, 2.24) is 15.1 Å². The molecule has 2 rings (SSSR count). The molecule has 1 fully saturated rings. The third-order valence-electron chi connectivity index (χ3n) is 3.61. The standard InChI is InChI=1S/C14H25N3O/c1-3-6-15-14(8-12-5-7-18-11-12)13-9-16-17(4-2)10-13/h9-10,12,14-15H,3-8,11H2,1-2H3. The van der Waals surface area contributed by atoms with Gasteiger partial charge in [-0.1, -0.05) is 6.92 Å². The molecule has 1 aliphatic rings. The van der Waals surface area contributed by atoms with Crippen molar-refractivity contribution in [3.63, 3.8) is 0 Å². The fourth-order valence-corrected chi connectivity index (χ4v) is 2.49. The van der Waals surface area contributed by atoms with Crippen molar-refractivity contribution in [3.8, 4) is 0 Å². The van der Waals surface area contributed by atoms with E-state index in [0.29, 0.717) is 12.0 Å². The first-order chi connectivity index (χ1) is 8.83. The van der Waals surface area contributed by atoms with Crippen molar-refractivity contribution in [3.05, 3.63) is 18.0 Å². The van der Waals surface area contributed by atoms with Crippen LogP contribution in [0.1, 0.15) is 44.7 Å². The molecule has 1 aromatic rings. The van der Waals surface area contributed by atoms with E-state index in [-0.39, 0.29) is 0 Å². The van der Waals surface area contributed by atoms with Crippen LogP contribution in [-0.4, -0.2) is 29.5 Å². The van der Waals surface area contributed by atoms with Crippen molar-refractivity contribution in [2.24, 2.45) is 5.92 Å². The summed E-state index contributed by atoms with van der Waals surface area (Å²) in [5, 5.41) is 8.02. The summed E-state index contributed by atoms with van der Waals surface area (Å²) in [6.45, 7) is 8.18. The van der Waals surface area contributed by atoms with Gasteiger partial charge in [0.05, 0.1) is 6.20 Å². The zero-order valence-corrected chi connectivity index (χ0v) is 11.6. The second-order valence-corrected chi connectivity index (χ2v) is 5.10. The highest BCUT2D eigenvalue weighted by atomic mass is 16.5. The number of hydrogen-bond acceptors (Lipinski definition) is 3. The quantitative estimate of drug-likeness (QED) is 0.808. The Morgan fingerprint density at radius 2 is 2.44 bits per heavy atom. The van der Waals surface area contributed by atoms with Crippen LogP contribution in [0, 0.1) is 5.92 Å². The molecule has 102 valence electrons. The Balaban J connectivity index is 1.98. The normalized spacial score (nSPS) is 21.3. The summed E-state index contributed by atoms with van der Waals surface area (Å²) in [7, 11) is 0. The fraction of sp³-hybridized carbons (Fsp3) is 0.786. The molecule has 1 N–H and O–H groups in total. The van der Waals surface area contributed by atoms with E-state index in [4.69, 9.17) is 4.74 Å². The third kappa shape index (κ3) is 3.56. The molecule has 2 heterocycles. The lowest BCUT2D eigenvalue weighted by Gasteiger charge is -2.20. The predicted molar refractivity (Wildman–Crippen MR) is 72.5 cm³/mol. The van der Waals surface area contributed by atoms with Gasteiger partial charge in [0.2, 0.25) is 0 Å². The maximum absolute atomic E-state index is 5.48. The molecule has 4 nitrogen and oxygen atoms in total. The lowest BCUT2D eigenvalue weighted by Crippen LogP contribution is -2.24. The van der Waals surface area contributed by atoms with E-state index in [9.17, 15) is 0 Å². The van der Waals surface area contributed by atoms with Gasteiger partial charge in [-0.3, -0.25) is 4.68 Å². The summed E-state index contributed by atoms with van der Waals surface area (Å²) in [6.07, 6.45) is 7.71.